The van der Waals surface area contributed by atoms with Gasteiger partial charge in [-0.15, -0.1) is 0 Å². The van der Waals surface area contributed by atoms with Crippen molar-refractivity contribution >= 4 is 28.6 Å². The number of aryl methyl sites for hydroxylation is 1. The van der Waals surface area contributed by atoms with Gasteiger partial charge in [-0.1, -0.05) is 11.6 Å². The van der Waals surface area contributed by atoms with Gasteiger partial charge in [-0.25, -0.2) is 9.37 Å². The second kappa shape index (κ2) is 5.41. The number of nitrogens with zero attached hydrogens (tertiary/aromatic N) is 2. The van der Waals surface area contributed by atoms with E-state index in [0.717, 1.165) is 24.1 Å². The number of halogens is 2. The fraction of sp³-hybridized carbons (Fsp3) is 0.267. The van der Waals surface area contributed by atoms with E-state index in [-0.39, 0.29) is 11.1 Å². The minimum absolute atomic E-state index is 0.0712. The summed E-state index contributed by atoms with van der Waals surface area (Å²) in [5, 5.41) is 0.0712. The van der Waals surface area contributed by atoms with Crippen LogP contribution in [0.1, 0.15) is 25.1 Å². The van der Waals surface area contributed by atoms with Crippen LogP contribution in [-0.4, -0.2) is 9.55 Å². The summed E-state index contributed by atoms with van der Waals surface area (Å²) in [6.07, 6.45) is 3.28. The Kier molecular flexibility index (Phi) is 3.59. The van der Waals surface area contributed by atoms with Gasteiger partial charge in [0.15, 0.2) is 0 Å². The highest BCUT2D eigenvalue weighted by Crippen LogP contribution is 2.29. The van der Waals surface area contributed by atoms with Crippen LogP contribution in [0, 0.1) is 5.82 Å². The largest absolute Gasteiger partial charge is 0.469 e. The van der Waals surface area contributed by atoms with Gasteiger partial charge in [-0.3, -0.25) is 0 Å². The SMILES string of the molecule is CC(CCc1ccco1)n1c(N)nc2cc(F)c(Cl)cc21. The molecule has 2 N–H and O–H groups in total. The fourth-order valence-electron chi connectivity index (χ4n) is 2.51. The number of nitrogen functional groups attached to an aromatic ring is 1. The summed E-state index contributed by atoms with van der Waals surface area (Å²) in [6, 6.07) is 6.78. The molecular formula is C15H15ClFN3O. The number of hydrogen-bond donors (Lipinski definition) is 1. The van der Waals surface area contributed by atoms with Gasteiger partial charge in [0.1, 0.15) is 11.6 Å². The average Bonchev–Trinajstić information content (AvgIpc) is 3.04. The summed E-state index contributed by atoms with van der Waals surface area (Å²) in [7, 11) is 0. The smallest absolute Gasteiger partial charge is 0.201 e. The predicted molar refractivity (Wildman–Crippen MR) is 80.9 cm³/mol. The van der Waals surface area contributed by atoms with E-state index in [1.165, 1.54) is 6.07 Å². The summed E-state index contributed by atoms with van der Waals surface area (Å²) in [4.78, 5) is 4.20. The summed E-state index contributed by atoms with van der Waals surface area (Å²) < 4.78 is 20.7. The maximum atomic E-state index is 13.5. The van der Waals surface area contributed by atoms with Gasteiger partial charge in [0.2, 0.25) is 5.95 Å². The molecule has 0 amide bonds. The van der Waals surface area contributed by atoms with Crippen molar-refractivity contribution in [2.24, 2.45) is 0 Å². The van der Waals surface area contributed by atoms with Crippen molar-refractivity contribution in [1.82, 2.24) is 9.55 Å². The lowest BCUT2D eigenvalue weighted by molar-refractivity contribution is 0.460. The summed E-state index contributed by atoms with van der Waals surface area (Å²) in [5.74, 6) is 0.796. The molecule has 0 fully saturated rings. The van der Waals surface area contributed by atoms with Crippen LogP contribution in [0.15, 0.2) is 34.9 Å². The molecule has 0 saturated carbocycles. The number of fused-ring (bicyclic) bond motifs is 1. The zero-order valence-corrected chi connectivity index (χ0v) is 12.3. The van der Waals surface area contributed by atoms with E-state index in [1.54, 1.807) is 12.3 Å². The van der Waals surface area contributed by atoms with E-state index in [9.17, 15) is 4.39 Å². The minimum atomic E-state index is -0.489. The van der Waals surface area contributed by atoms with Crippen LogP contribution < -0.4 is 5.73 Å². The first kappa shape index (κ1) is 13.9. The Bertz CT molecular complexity index is 767. The van der Waals surface area contributed by atoms with Gasteiger partial charge in [-0.05, 0) is 31.5 Å². The van der Waals surface area contributed by atoms with Crippen LogP contribution in [-0.2, 0) is 6.42 Å². The van der Waals surface area contributed by atoms with Crippen LogP contribution in [0.5, 0.6) is 0 Å². The number of nitrogens with two attached hydrogens (primary N) is 1. The molecular weight excluding hydrogens is 293 g/mol. The number of benzene rings is 1. The van der Waals surface area contributed by atoms with Gasteiger partial charge in [-0.2, -0.15) is 0 Å². The van der Waals surface area contributed by atoms with Crippen molar-refractivity contribution < 1.29 is 8.81 Å². The average molecular weight is 308 g/mol. The molecule has 2 aromatic heterocycles. The van der Waals surface area contributed by atoms with E-state index in [2.05, 4.69) is 4.98 Å². The van der Waals surface area contributed by atoms with Crippen molar-refractivity contribution in [2.45, 2.75) is 25.8 Å². The number of rotatable bonds is 4. The van der Waals surface area contributed by atoms with E-state index in [4.69, 9.17) is 21.8 Å². The number of imidazole rings is 1. The van der Waals surface area contributed by atoms with E-state index >= 15 is 0 Å². The maximum Gasteiger partial charge on any atom is 0.201 e. The minimum Gasteiger partial charge on any atom is -0.469 e. The third-order valence-corrected chi connectivity index (χ3v) is 3.88. The van der Waals surface area contributed by atoms with Crippen LogP contribution in [0.25, 0.3) is 11.0 Å². The van der Waals surface area contributed by atoms with Gasteiger partial charge in [0.25, 0.3) is 0 Å². The summed E-state index contributed by atoms with van der Waals surface area (Å²) >= 11 is 5.86. The Morgan fingerprint density at radius 2 is 2.29 bits per heavy atom. The molecule has 3 aromatic rings. The fourth-order valence-corrected chi connectivity index (χ4v) is 2.67. The van der Waals surface area contributed by atoms with Gasteiger partial charge in [0.05, 0.1) is 22.3 Å². The zero-order chi connectivity index (χ0) is 15.0. The Labute approximate surface area is 126 Å². The quantitative estimate of drug-likeness (QED) is 0.786. The number of anilines is 1. The first-order valence-corrected chi connectivity index (χ1v) is 7.09. The highest BCUT2D eigenvalue weighted by Gasteiger charge is 2.16. The van der Waals surface area contributed by atoms with Crippen LogP contribution in [0.3, 0.4) is 0 Å². The molecule has 0 saturated heterocycles. The molecule has 0 radical (unpaired) electrons. The molecule has 1 aromatic carbocycles. The van der Waals surface area contributed by atoms with Gasteiger partial charge in [0, 0.05) is 18.5 Å². The lowest BCUT2D eigenvalue weighted by Gasteiger charge is -2.15. The lowest BCUT2D eigenvalue weighted by atomic mass is 10.1. The summed E-state index contributed by atoms with van der Waals surface area (Å²) in [6.45, 7) is 2.04. The first-order valence-electron chi connectivity index (χ1n) is 6.71. The molecule has 4 nitrogen and oxygen atoms in total. The van der Waals surface area contributed by atoms with Crippen molar-refractivity contribution in [3.63, 3.8) is 0 Å². The third kappa shape index (κ3) is 2.61. The monoisotopic (exact) mass is 307 g/mol. The lowest BCUT2D eigenvalue weighted by Crippen LogP contribution is -2.09. The van der Waals surface area contributed by atoms with Crippen LogP contribution in [0.4, 0.5) is 10.3 Å². The second-order valence-corrected chi connectivity index (χ2v) is 5.47. The molecule has 0 aliphatic heterocycles. The molecule has 0 aliphatic rings. The molecule has 1 unspecified atom stereocenters. The highest BCUT2D eigenvalue weighted by molar-refractivity contribution is 6.31. The van der Waals surface area contributed by atoms with Gasteiger partial charge < -0.3 is 14.7 Å². The number of hydrogen-bond acceptors (Lipinski definition) is 3. The molecule has 3 rings (SSSR count). The Morgan fingerprint density at radius 3 is 3.00 bits per heavy atom. The number of furan rings is 1. The van der Waals surface area contributed by atoms with Crippen molar-refractivity contribution in [2.75, 3.05) is 5.73 Å². The van der Waals surface area contributed by atoms with Crippen molar-refractivity contribution in [3.8, 4) is 0 Å². The Morgan fingerprint density at radius 1 is 1.48 bits per heavy atom. The molecule has 6 heteroatoms. The standard InChI is InChI=1S/C15H15ClFN3O/c1-9(4-5-10-3-2-6-21-10)20-14-7-11(16)12(17)8-13(14)19-15(20)18/h2-3,6-9H,4-5H2,1H3,(H2,18,19). The first-order chi connectivity index (χ1) is 10.1. The molecule has 21 heavy (non-hydrogen) atoms. The third-order valence-electron chi connectivity index (χ3n) is 3.59. The second-order valence-electron chi connectivity index (χ2n) is 5.06. The Hall–Kier alpha value is -2.01. The topological polar surface area (TPSA) is 57.0 Å². The maximum absolute atomic E-state index is 13.5. The molecule has 1 atom stereocenters. The van der Waals surface area contributed by atoms with Crippen molar-refractivity contribution in [3.05, 3.63) is 47.1 Å². The Balaban J connectivity index is 1.91. The zero-order valence-electron chi connectivity index (χ0n) is 11.5. The van der Waals surface area contributed by atoms with Crippen molar-refractivity contribution in [1.29, 1.82) is 0 Å². The number of aromatic nitrogens is 2. The van der Waals surface area contributed by atoms with E-state index in [0.29, 0.717) is 11.5 Å². The van der Waals surface area contributed by atoms with Crippen LogP contribution in [0.2, 0.25) is 5.02 Å². The van der Waals surface area contributed by atoms with Gasteiger partial charge >= 0.3 is 0 Å². The molecule has 0 bridgehead atoms. The molecule has 0 spiro atoms. The van der Waals surface area contributed by atoms with Crippen LogP contribution >= 0.6 is 11.6 Å². The van der Waals surface area contributed by atoms with E-state index < -0.39 is 5.82 Å². The molecule has 2 heterocycles. The molecule has 110 valence electrons. The predicted octanol–water partition coefficient (Wildman–Crippen LogP) is 4.20. The molecule has 0 aliphatic carbocycles. The van der Waals surface area contributed by atoms with E-state index in [1.807, 2.05) is 23.6 Å². The normalized spacial score (nSPS) is 12.9. The highest BCUT2D eigenvalue weighted by atomic mass is 35.5. The summed E-state index contributed by atoms with van der Waals surface area (Å²) in [5.41, 5.74) is 7.22.